The second-order valence-electron chi connectivity index (χ2n) is 11.2. The van der Waals surface area contributed by atoms with E-state index in [1.165, 1.54) is 24.8 Å². The molecule has 184 valence electrons. The molecule has 0 aromatic heterocycles. The van der Waals surface area contributed by atoms with Crippen LogP contribution in [-0.2, 0) is 14.4 Å². The monoisotopic (exact) mass is 460 g/mol. The Morgan fingerprint density at radius 1 is 1.12 bits per heavy atom. The van der Waals surface area contributed by atoms with E-state index in [9.17, 15) is 14.7 Å². The van der Waals surface area contributed by atoms with Gasteiger partial charge in [-0.05, 0) is 98.9 Å². The predicted octanol–water partition coefficient (Wildman–Crippen LogP) is 4.05. The molecule has 7 nitrogen and oxygen atoms in total. The number of aliphatic hydroxyl groups is 1. The molecule has 4 aliphatic rings. The van der Waals surface area contributed by atoms with Gasteiger partial charge in [-0.3, -0.25) is 9.59 Å². The van der Waals surface area contributed by atoms with Crippen LogP contribution in [0.4, 0.5) is 0 Å². The molecular weight excluding hydrogens is 420 g/mol. The van der Waals surface area contributed by atoms with E-state index in [1.807, 2.05) is 0 Å². The van der Waals surface area contributed by atoms with Crippen LogP contribution in [-0.4, -0.2) is 47.1 Å². The first kappa shape index (κ1) is 24.2. The third kappa shape index (κ3) is 4.84. The van der Waals surface area contributed by atoms with Gasteiger partial charge in [0, 0.05) is 13.0 Å². The zero-order chi connectivity index (χ0) is 23.6. The van der Waals surface area contributed by atoms with E-state index in [1.54, 1.807) is 0 Å². The number of hydrogen-bond acceptors (Lipinski definition) is 5. The molecule has 0 spiro atoms. The summed E-state index contributed by atoms with van der Waals surface area (Å²) >= 11 is 0. The summed E-state index contributed by atoms with van der Waals surface area (Å²) in [6.45, 7) is 5.11. The molecule has 6 atom stereocenters. The summed E-state index contributed by atoms with van der Waals surface area (Å²) in [5, 5.41) is 26.3. The van der Waals surface area contributed by atoms with Crippen LogP contribution in [0, 0.1) is 28.6 Å². The van der Waals surface area contributed by atoms with Crippen LogP contribution in [0.3, 0.4) is 0 Å². The maximum absolute atomic E-state index is 11.9. The number of unbranched alkanes of at least 4 members (excludes halogenated alkanes) is 1. The lowest BCUT2D eigenvalue weighted by Crippen LogP contribution is -2.51. The minimum absolute atomic E-state index is 0.115. The summed E-state index contributed by atoms with van der Waals surface area (Å²) in [4.78, 5) is 27.7. The summed E-state index contributed by atoms with van der Waals surface area (Å²) in [5.74, 6) is 1.02. The minimum Gasteiger partial charge on any atom is -0.481 e. The average molecular weight is 461 g/mol. The Bertz CT molecular complexity index is 823. The number of aliphatic carboxylic acids is 1. The van der Waals surface area contributed by atoms with Crippen LogP contribution in [0.1, 0.15) is 84.5 Å². The molecule has 0 bridgehead atoms. The van der Waals surface area contributed by atoms with Gasteiger partial charge in [-0.15, -0.1) is 0 Å². The maximum Gasteiger partial charge on any atom is 0.303 e. The number of carbonyl (C=O) groups is 2. The van der Waals surface area contributed by atoms with Crippen molar-refractivity contribution in [2.45, 2.75) is 90.6 Å². The lowest BCUT2D eigenvalue weighted by Gasteiger charge is -2.57. The van der Waals surface area contributed by atoms with Gasteiger partial charge in [-0.1, -0.05) is 24.6 Å². The summed E-state index contributed by atoms with van der Waals surface area (Å²) < 4.78 is 0. The highest BCUT2D eigenvalue weighted by Gasteiger charge is 2.58. The van der Waals surface area contributed by atoms with Crippen LogP contribution in [0.15, 0.2) is 16.8 Å². The largest absolute Gasteiger partial charge is 0.481 e. The number of carboxylic acids is 1. The Hall–Kier alpha value is -1.89. The lowest BCUT2D eigenvalue weighted by atomic mass is 9.47. The van der Waals surface area contributed by atoms with Crippen LogP contribution >= 0.6 is 0 Å². The molecule has 0 saturated heterocycles. The van der Waals surface area contributed by atoms with Crippen molar-refractivity contribution < 1.29 is 24.6 Å². The smallest absolute Gasteiger partial charge is 0.303 e. The van der Waals surface area contributed by atoms with Gasteiger partial charge in [0.05, 0.1) is 11.8 Å². The fraction of sp³-hybridized carbons (Fsp3) is 0.808. The number of aliphatic hydroxyl groups excluding tert-OH is 1. The van der Waals surface area contributed by atoms with Crippen LogP contribution in [0.2, 0.25) is 0 Å². The van der Waals surface area contributed by atoms with E-state index in [4.69, 9.17) is 9.94 Å². The number of oxime groups is 1. The van der Waals surface area contributed by atoms with Gasteiger partial charge in [-0.2, -0.15) is 0 Å². The molecular formula is C26H40N2O5. The number of nitrogens with zero attached hydrogens (tertiary/aromatic N) is 1. The van der Waals surface area contributed by atoms with Crippen LogP contribution in [0.5, 0.6) is 0 Å². The number of amides is 1. The molecule has 0 aliphatic heterocycles. The van der Waals surface area contributed by atoms with E-state index in [-0.39, 0.29) is 35.9 Å². The summed E-state index contributed by atoms with van der Waals surface area (Å²) in [7, 11) is 0. The van der Waals surface area contributed by atoms with Crippen molar-refractivity contribution in [3.63, 3.8) is 0 Å². The van der Waals surface area contributed by atoms with Crippen molar-refractivity contribution in [3.8, 4) is 0 Å². The Morgan fingerprint density at radius 3 is 2.73 bits per heavy atom. The SMILES string of the molecule is C[C@]12CC[C@H]3[C@@H](CCC4=C/C(=N/OCC(=O)NCCCCC(=O)O)CC[C@@]43C)[C@@H]1CC[C@H]2O. The molecule has 3 N–H and O–H groups in total. The highest BCUT2D eigenvalue weighted by molar-refractivity contribution is 5.96. The highest BCUT2D eigenvalue weighted by atomic mass is 16.6. The molecule has 1 amide bonds. The Morgan fingerprint density at radius 2 is 1.94 bits per heavy atom. The first-order valence-electron chi connectivity index (χ1n) is 12.8. The number of allylic oxidation sites excluding steroid dienone is 2. The standard InChI is InChI=1S/C26H40N2O5/c1-25-12-10-18(28-33-16-23(30)27-14-4-3-5-24(31)32)15-17(25)6-7-19-20-8-9-22(29)26(20,2)13-11-21(19)25/h15,19-22,29H,3-14,16H2,1-2H3,(H,27,30)(H,31,32)/b28-18+/t19-,20-,21-,22+,25-,26-/m0/s1. The van der Waals surface area contributed by atoms with Crippen molar-refractivity contribution in [3.05, 3.63) is 11.6 Å². The van der Waals surface area contributed by atoms with E-state index < -0.39 is 5.97 Å². The molecule has 0 aromatic carbocycles. The van der Waals surface area contributed by atoms with E-state index in [0.29, 0.717) is 31.2 Å². The van der Waals surface area contributed by atoms with Crippen LogP contribution < -0.4 is 5.32 Å². The number of rotatable bonds is 8. The maximum atomic E-state index is 11.9. The number of carboxylic acid groups (broad SMARTS) is 1. The zero-order valence-electron chi connectivity index (χ0n) is 20.1. The number of hydrogen-bond donors (Lipinski definition) is 3. The third-order valence-electron chi connectivity index (χ3n) is 9.44. The minimum atomic E-state index is -0.814. The van der Waals surface area contributed by atoms with Crippen molar-refractivity contribution in [1.82, 2.24) is 5.32 Å². The molecule has 0 heterocycles. The molecule has 7 heteroatoms. The number of fused-ring (bicyclic) bond motifs is 5. The number of nitrogens with one attached hydrogen (secondary N) is 1. The van der Waals surface area contributed by atoms with Gasteiger partial charge in [0.1, 0.15) is 0 Å². The lowest BCUT2D eigenvalue weighted by molar-refractivity contribution is -0.137. The van der Waals surface area contributed by atoms with E-state index in [2.05, 4.69) is 30.4 Å². The zero-order valence-corrected chi connectivity index (χ0v) is 20.1. The normalized spacial score (nSPS) is 38.6. The number of carbonyl (C=O) groups excluding carboxylic acids is 1. The summed E-state index contributed by atoms with van der Waals surface area (Å²) in [5.41, 5.74) is 2.74. The molecule has 4 aliphatic carbocycles. The van der Waals surface area contributed by atoms with Crippen molar-refractivity contribution in [2.24, 2.45) is 33.7 Å². The molecule has 4 rings (SSSR count). The van der Waals surface area contributed by atoms with Crippen LogP contribution in [0.25, 0.3) is 0 Å². The molecule has 0 unspecified atom stereocenters. The first-order chi connectivity index (χ1) is 15.7. The predicted molar refractivity (Wildman–Crippen MR) is 126 cm³/mol. The fourth-order valence-electron chi connectivity index (χ4n) is 7.47. The Kier molecular flexibility index (Phi) is 7.18. The average Bonchev–Trinajstić information content (AvgIpc) is 3.08. The molecule has 0 radical (unpaired) electrons. The second-order valence-corrected chi connectivity index (χ2v) is 11.2. The van der Waals surface area contributed by atoms with Gasteiger partial charge in [0.25, 0.3) is 5.91 Å². The van der Waals surface area contributed by atoms with Gasteiger partial charge in [0.15, 0.2) is 6.61 Å². The first-order valence-corrected chi connectivity index (χ1v) is 12.8. The quantitative estimate of drug-likeness (QED) is 0.374. The Labute approximate surface area is 197 Å². The third-order valence-corrected chi connectivity index (χ3v) is 9.44. The van der Waals surface area contributed by atoms with Gasteiger partial charge in [-0.25, -0.2) is 0 Å². The highest BCUT2D eigenvalue weighted by Crippen LogP contribution is 2.65. The fourth-order valence-corrected chi connectivity index (χ4v) is 7.47. The molecule has 3 fully saturated rings. The molecule has 33 heavy (non-hydrogen) atoms. The van der Waals surface area contributed by atoms with Crippen molar-refractivity contribution >= 4 is 17.6 Å². The van der Waals surface area contributed by atoms with Crippen molar-refractivity contribution in [2.75, 3.05) is 13.2 Å². The molecule has 3 saturated carbocycles. The van der Waals surface area contributed by atoms with Gasteiger partial charge in [0.2, 0.25) is 0 Å². The van der Waals surface area contributed by atoms with E-state index in [0.717, 1.165) is 43.7 Å². The Balaban J connectivity index is 1.30. The summed E-state index contributed by atoms with van der Waals surface area (Å²) in [6.07, 6.45) is 12.1. The van der Waals surface area contributed by atoms with Gasteiger partial charge >= 0.3 is 5.97 Å². The topological polar surface area (TPSA) is 108 Å². The summed E-state index contributed by atoms with van der Waals surface area (Å²) in [6, 6.07) is 0. The van der Waals surface area contributed by atoms with E-state index >= 15 is 0 Å². The van der Waals surface area contributed by atoms with Gasteiger partial charge < -0.3 is 20.4 Å². The molecule has 0 aromatic rings. The second kappa shape index (κ2) is 9.77. The van der Waals surface area contributed by atoms with Crippen molar-refractivity contribution in [1.29, 1.82) is 0 Å².